The number of nitrogens with one attached hydrogen (secondary N) is 5. The highest BCUT2D eigenvalue weighted by Gasteiger charge is 2.63. The van der Waals surface area contributed by atoms with Gasteiger partial charge in [0.1, 0.15) is 213 Å². The Bertz CT molecular complexity index is 3400. The van der Waals surface area contributed by atoms with Crippen molar-refractivity contribution in [1.29, 1.82) is 0 Å². The molecule has 32 N–H and O–H groups in total. The van der Waals surface area contributed by atoms with E-state index in [4.69, 9.17) is 85.3 Å². The Morgan fingerprint density at radius 1 is 0.368 bits per heavy atom. The molecule has 0 radical (unpaired) electrons. The number of carbonyl (C=O) groups is 6. The van der Waals surface area contributed by atoms with Gasteiger partial charge in [0.2, 0.25) is 30.0 Å². The molecule has 0 saturated carbocycles. The maximum Gasteiger partial charge on any atom is 0.364 e. The highest BCUT2D eigenvalue weighted by Crippen LogP contribution is 2.42. The summed E-state index contributed by atoms with van der Waals surface area (Å²) in [4.78, 5) is 75.0. The van der Waals surface area contributed by atoms with Crippen LogP contribution in [0.25, 0.3) is 0 Å². The molecule has 9 rings (SSSR count). The van der Waals surface area contributed by atoms with E-state index in [2.05, 4.69) is 26.6 Å². The zero-order valence-corrected chi connectivity index (χ0v) is 67.0. The molecule has 9 aliphatic heterocycles. The van der Waals surface area contributed by atoms with Gasteiger partial charge in [0.25, 0.3) is 5.79 Å². The largest absolute Gasteiger partial charge is 0.477 e. The summed E-state index contributed by atoms with van der Waals surface area (Å²) in [5.74, 6) is -9.10. The average molecular weight is 1830 g/mol. The van der Waals surface area contributed by atoms with Crippen molar-refractivity contribution in [1.82, 2.24) is 26.6 Å². The van der Waals surface area contributed by atoms with E-state index in [1.165, 1.54) is 0 Å². The van der Waals surface area contributed by atoms with Crippen LogP contribution >= 0.6 is 0 Å². The van der Waals surface area contributed by atoms with Crippen molar-refractivity contribution >= 4 is 36.0 Å². The van der Waals surface area contributed by atoms with Crippen LogP contribution in [0, 0.1) is 0 Å². The molecule has 722 valence electrons. The van der Waals surface area contributed by atoms with Crippen molar-refractivity contribution < 1.29 is 252 Å². The molecule has 9 saturated heterocycles. The topological polar surface area (TPSA) is 875 Å². The Hall–Kier alpha value is -4.94. The lowest BCUT2D eigenvalue weighted by Gasteiger charge is -2.51. The lowest BCUT2D eigenvalue weighted by Crippen LogP contribution is -2.71. The Morgan fingerprint density at radius 3 is 1.09 bits per heavy atom. The van der Waals surface area contributed by atoms with E-state index in [-0.39, 0.29) is 6.41 Å². The van der Waals surface area contributed by atoms with Gasteiger partial charge in [-0.2, -0.15) is 0 Å². The maximum absolute atomic E-state index is 13.2. The van der Waals surface area contributed by atoms with Crippen LogP contribution in [-0.2, 0) is 114 Å². The summed E-state index contributed by atoms with van der Waals surface area (Å²) < 4.78 is 105. The predicted molar refractivity (Wildman–Crippen MR) is 384 cm³/mol. The first-order valence-corrected chi connectivity index (χ1v) is 39.5. The molecule has 0 aromatic heterocycles. The first-order chi connectivity index (χ1) is 59.1. The molecule has 0 aromatic rings. The number of hydrogen-bond acceptors (Lipinski definition) is 50. The molecule has 0 unspecified atom stereocenters. The molecule has 125 heavy (non-hydrogen) atoms. The summed E-state index contributed by atoms with van der Waals surface area (Å²) in [5.41, 5.74) is 0. The van der Waals surface area contributed by atoms with Gasteiger partial charge in [-0.25, -0.2) is 4.79 Å². The van der Waals surface area contributed by atoms with Crippen LogP contribution in [0.3, 0.4) is 0 Å². The van der Waals surface area contributed by atoms with E-state index >= 15 is 0 Å². The maximum atomic E-state index is 13.2. The van der Waals surface area contributed by atoms with Crippen molar-refractivity contribution in [3.8, 4) is 0 Å². The van der Waals surface area contributed by atoms with Gasteiger partial charge in [-0.3, -0.25) is 24.0 Å². The van der Waals surface area contributed by atoms with Crippen molar-refractivity contribution in [2.45, 2.75) is 322 Å². The van der Waals surface area contributed by atoms with Crippen LogP contribution in [0.1, 0.15) is 34.1 Å². The van der Waals surface area contributed by atoms with Crippen molar-refractivity contribution in [2.24, 2.45) is 0 Å². The lowest BCUT2D eigenvalue weighted by atomic mass is 9.88. The number of aliphatic hydroxyl groups is 26. The minimum absolute atomic E-state index is 0.252. The van der Waals surface area contributed by atoms with Gasteiger partial charge in [0.15, 0.2) is 50.3 Å². The number of amides is 5. The third kappa shape index (κ3) is 23.6. The van der Waals surface area contributed by atoms with Gasteiger partial charge < -0.3 is 250 Å². The van der Waals surface area contributed by atoms with Gasteiger partial charge in [-0.1, -0.05) is 0 Å². The lowest BCUT2D eigenvalue weighted by molar-refractivity contribution is -0.389. The quantitative estimate of drug-likeness (QED) is 0.0255. The van der Waals surface area contributed by atoms with Gasteiger partial charge >= 0.3 is 5.97 Å². The van der Waals surface area contributed by atoms with Crippen LogP contribution in [0.5, 0.6) is 0 Å². The van der Waals surface area contributed by atoms with Crippen molar-refractivity contribution in [2.75, 3.05) is 72.7 Å². The number of aliphatic carboxylic acids is 1. The molecule has 56 heteroatoms. The first kappa shape index (κ1) is 104. The number of ether oxygens (including phenoxy) is 18. The number of rotatable bonds is 38. The fourth-order valence-electron chi connectivity index (χ4n) is 15.8. The molecule has 0 aromatic carbocycles. The van der Waals surface area contributed by atoms with E-state index in [9.17, 15) is 167 Å². The van der Waals surface area contributed by atoms with E-state index in [1.54, 1.807) is 0 Å². The fourth-order valence-corrected chi connectivity index (χ4v) is 15.8. The second kappa shape index (κ2) is 45.9. The smallest absolute Gasteiger partial charge is 0.364 e. The standard InChI is InChI=1S/C69H115N5O51/c1-18(85)71-33-23(89)5-69(68(106)107,124-56(33)37(91)24(90)7-76)125-59-41(95)27(10-79)112-67(51(59)105)120-54-30(13-82)115-62(36(44(54)98)74-21(4)88)122-57-39(93)25(8-77)110-65(49(57)103)119-52-28(11-80)113-60(34(42(52)96)72-19(2)86)109-16-32-38(92)45(99)47(101)64(117-32)118-53-29(12-81)114-61(35(43(53)97)73-20(3)87)123-58-40(94)26(9-78)111-66(50(58)104)121-55-31(14-83)116-63(48(102)46(55)100)108-15-22(6-75)70-17-84/h17,22-67,75-83,89-105H,5-16H2,1-4H3,(H,70,84)(H,71,85)(H,72,86)(H,73,87)(H,74,88)(H,106,107)/t22-,23+,24-,25-,26-,27-,28-,29-,30-,31-,32-,33-,34-,35-,36-,37-,38+,39+,40+,41+,42-,43-,44-,45+,46-,47-,48-,49-,50-,51-,52-,53-,54-,55-,56-,57+,58+,59+,60-,61+,62+,63-,64+,65+,66+,67+,69+/m1/s1. The zero-order chi connectivity index (χ0) is 92.4. The summed E-state index contributed by atoms with van der Waals surface area (Å²) in [6, 6.07) is -8.49. The summed E-state index contributed by atoms with van der Waals surface area (Å²) in [6.07, 6.45) is -86.8. The van der Waals surface area contributed by atoms with Crippen LogP contribution in [-0.4, -0.2) is 534 Å². The molecular weight excluding hydrogens is 1710 g/mol. The second-order valence-corrected chi connectivity index (χ2v) is 31.1. The van der Waals surface area contributed by atoms with E-state index in [1.807, 2.05) is 0 Å². The number of carboxylic acids is 1. The molecule has 47 atom stereocenters. The van der Waals surface area contributed by atoms with Gasteiger partial charge in [-0.05, 0) is 0 Å². The third-order valence-electron chi connectivity index (χ3n) is 22.3. The molecule has 5 amide bonds. The summed E-state index contributed by atoms with van der Waals surface area (Å²) in [5, 5.41) is 311. The van der Waals surface area contributed by atoms with Crippen molar-refractivity contribution in [3.05, 3.63) is 0 Å². The van der Waals surface area contributed by atoms with Crippen LogP contribution in [0.2, 0.25) is 0 Å². The molecule has 9 fully saturated rings. The van der Waals surface area contributed by atoms with Crippen LogP contribution in [0.4, 0.5) is 0 Å². The van der Waals surface area contributed by atoms with E-state index in [0.29, 0.717) is 0 Å². The number of aliphatic hydroxyl groups excluding tert-OH is 26. The molecule has 56 nitrogen and oxygen atoms in total. The van der Waals surface area contributed by atoms with E-state index in [0.717, 1.165) is 27.7 Å². The molecule has 0 spiro atoms. The Labute approximate surface area is 707 Å². The number of carboxylic acid groups (broad SMARTS) is 1. The van der Waals surface area contributed by atoms with Gasteiger partial charge in [-0.15, -0.1) is 0 Å². The van der Waals surface area contributed by atoms with E-state index < -0.39 is 396 Å². The van der Waals surface area contributed by atoms with Gasteiger partial charge in [0, 0.05) is 34.1 Å². The monoisotopic (exact) mass is 1830 g/mol. The summed E-state index contributed by atoms with van der Waals surface area (Å²) in [6.45, 7) is -7.44. The second-order valence-electron chi connectivity index (χ2n) is 31.1. The first-order valence-electron chi connectivity index (χ1n) is 39.5. The van der Waals surface area contributed by atoms with Gasteiger partial charge in [0.05, 0.1) is 90.9 Å². The molecular formula is C69H115N5O51. The summed E-state index contributed by atoms with van der Waals surface area (Å²) in [7, 11) is 0. The number of carbonyl (C=O) groups excluding carboxylic acids is 5. The zero-order valence-electron chi connectivity index (χ0n) is 67.0. The minimum atomic E-state index is -3.26. The van der Waals surface area contributed by atoms with Crippen LogP contribution in [0.15, 0.2) is 0 Å². The predicted octanol–water partition coefficient (Wildman–Crippen LogP) is -21.7. The fraction of sp³-hybridized carbons (Fsp3) is 0.913. The third-order valence-corrected chi connectivity index (χ3v) is 22.3. The normalized spacial score (nSPS) is 45.8. The molecule has 0 aliphatic carbocycles. The molecule has 0 bridgehead atoms. The molecule has 9 aliphatic rings. The summed E-state index contributed by atoms with van der Waals surface area (Å²) >= 11 is 0. The Kier molecular flexibility index (Phi) is 38.1. The Balaban J connectivity index is 0.867. The number of hydrogen-bond donors (Lipinski definition) is 32. The highest BCUT2D eigenvalue weighted by molar-refractivity contribution is 5.77. The van der Waals surface area contributed by atoms with Crippen LogP contribution < -0.4 is 26.6 Å². The average Bonchev–Trinajstić information content (AvgIpc) is 0.461. The highest BCUT2D eigenvalue weighted by atomic mass is 16.8. The Morgan fingerprint density at radius 2 is 0.704 bits per heavy atom. The van der Waals surface area contributed by atoms with Crippen molar-refractivity contribution in [3.63, 3.8) is 0 Å². The molecule has 9 heterocycles. The minimum Gasteiger partial charge on any atom is -0.477 e. The SMILES string of the molecule is CC(=O)N[C@H]1[C@H](O[C@H]2[C@@H](O)[C@@H](CO)O[C@@H](O[C@H]3[C@H](O)[C@@H](O)[C@H](OC[C@@H](CO)NC=O)O[C@@H]3CO)[C@@H]2O)O[C@H](CO)[C@@H](O[C@@H]2O[C@H](CO[C@@H]3O[C@H](CO)[C@@H](O[C@@H]4O[C@H](CO)[C@H](O)[C@H](O[C@@H]5O[C@H](CO)[C@@H](O[C@@H]6O[C@H](CO)[C@H](O)[C@H](O[C@]7(C(=O)O)C[C@H](O)[C@@H](NC(C)=O)[C@H]([C@H](O)[C@H](O)CO)O7)[C@H]6O)[C@H](O)[C@H]5NC(C)=O)[C@H]4O)[C@H](O)[C@H]3NC(C)=O)[C@H](O)[C@H](O)[C@H]2O)[C@@H]1O.